The quantitative estimate of drug-likeness (QED) is 0.909. The van der Waals surface area contributed by atoms with Gasteiger partial charge in [-0.2, -0.15) is 0 Å². The first kappa shape index (κ1) is 16.8. The first-order valence-corrected chi connectivity index (χ1v) is 8.22. The molecule has 0 radical (unpaired) electrons. The van der Waals surface area contributed by atoms with E-state index in [0.717, 1.165) is 37.2 Å². The van der Waals surface area contributed by atoms with Crippen LogP contribution in [0.2, 0.25) is 0 Å². The molecule has 2 rings (SSSR count). The van der Waals surface area contributed by atoms with Crippen molar-refractivity contribution in [3.63, 3.8) is 0 Å². The van der Waals surface area contributed by atoms with E-state index in [1.165, 1.54) is 0 Å². The molecule has 0 aromatic heterocycles. The van der Waals surface area contributed by atoms with Crippen molar-refractivity contribution in [3.8, 4) is 5.75 Å². The second-order valence-corrected chi connectivity index (χ2v) is 6.54. The van der Waals surface area contributed by atoms with Crippen LogP contribution in [0.15, 0.2) is 24.3 Å². The normalized spacial score (nSPS) is 18.2. The van der Waals surface area contributed by atoms with Gasteiger partial charge < -0.3 is 15.0 Å². The van der Waals surface area contributed by atoms with Crippen LogP contribution in [0.5, 0.6) is 5.75 Å². The summed E-state index contributed by atoms with van der Waals surface area (Å²) in [6.45, 7) is 8.16. The Morgan fingerprint density at radius 2 is 1.86 bits per heavy atom. The summed E-state index contributed by atoms with van der Waals surface area (Å²) in [6.07, 6.45) is 1.55. The minimum absolute atomic E-state index is 0.0203. The number of amides is 1. The number of carbonyl (C=O) groups is 1. The highest BCUT2D eigenvalue weighted by atomic mass is 16.5. The predicted octanol–water partition coefficient (Wildman–Crippen LogP) is 2.79. The van der Waals surface area contributed by atoms with E-state index in [1.807, 2.05) is 25.1 Å². The molecular formula is C18H28N2O2. The molecule has 0 aliphatic carbocycles. The monoisotopic (exact) mass is 304 g/mol. The van der Waals surface area contributed by atoms with Gasteiger partial charge in [0.1, 0.15) is 5.75 Å². The largest absolute Gasteiger partial charge is 0.481 e. The lowest BCUT2D eigenvalue weighted by Crippen LogP contribution is -2.47. The highest BCUT2D eigenvalue weighted by Gasteiger charge is 2.22. The van der Waals surface area contributed by atoms with Crippen molar-refractivity contribution in [2.45, 2.75) is 51.7 Å². The molecule has 0 saturated carbocycles. The Labute approximate surface area is 133 Å². The number of nitrogens with zero attached hydrogens (tertiary/aromatic N) is 1. The number of ether oxygens (including phenoxy) is 1. The zero-order chi connectivity index (χ0) is 16.1. The Hall–Kier alpha value is -1.55. The lowest BCUT2D eigenvalue weighted by Gasteiger charge is -2.30. The lowest BCUT2D eigenvalue weighted by atomic mass is 10.0. The van der Waals surface area contributed by atoms with Gasteiger partial charge in [-0.25, -0.2) is 0 Å². The summed E-state index contributed by atoms with van der Waals surface area (Å²) in [5, 5.41) is 3.12. The molecule has 0 spiro atoms. The molecule has 22 heavy (non-hydrogen) atoms. The van der Waals surface area contributed by atoms with E-state index in [1.54, 1.807) is 0 Å². The molecule has 1 saturated heterocycles. The zero-order valence-electron chi connectivity index (χ0n) is 14.1. The molecule has 1 aromatic carbocycles. The van der Waals surface area contributed by atoms with Crippen molar-refractivity contribution in [3.05, 3.63) is 29.8 Å². The van der Waals surface area contributed by atoms with E-state index in [-0.39, 0.29) is 11.9 Å². The standard InChI is InChI=1S/C18H28N2O2/c1-13(2)16-7-5-6-8-17(16)22-14(3)18(21)19-15-9-11-20(4)12-10-15/h5-8,13-15H,9-12H2,1-4H3,(H,19,21)/t14-/m1/s1. The molecule has 1 N–H and O–H groups in total. The lowest BCUT2D eigenvalue weighted by molar-refractivity contribution is -0.128. The van der Waals surface area contributed by atoms with Crippen LogP contribution in [-0.2, 0) is 4.79 Å². The van der Waals surface area contributed by atoms with E-state index in [0.29, 0.717) is 5.92 Å². The second-order valence-electron chi connectivity index (χ2n) is 6.54. The molecular weight excluding hydrogens is 276 g/mol. The summed E-state index contributed by atoms with van der Waals surface area (Å²) in [7, 11) is 2.12. The number of benzene rings is 1. The van der Waals surface area contributed by atoms with Crippen molar-refractivity contribution in [2.24, 2.45) is 0 Å². The molecule has 4 nitrogen and oxygen atoms in total. The number of carbonyl (C=O) groups excluding carboxylic acids is 1. The van der Waals surface area contributed by atoms with Gasteiger partial charge in [0.25, 0.3) is 5.91 Å². The van der Waals surface area contributed by atoms with Crippen LogP contribution in [0, 0.1) is 0 Å². The van der Waals surface area contributed by atoms with E-state index in [9.17, 15) is 4.79 Å². The molecule has 1 heterocycles. The first-order chi connectivity index (χ1) is 10.5. The summed E-state index contributed by atoms with van der Waals surface area (Å²) in [5.74, 6) is 1.16. The van der Waals surface area contributed by atoms with Crippen molar-refractivity contribution in [1.82, 2.24) is 10.2 Å². The minimum Gasteiger partial charge on any atom is -0.481 e. The molecule has 0 unspecified atom stereocenters. The molecule has 122 valence electrons. The highest BCUT2D eigenvalue weighted by Crippen LogP contribution is 2.26. The smallest absolute Gasteiger partial charge is 0.260 e. The molecule has 4 heteroatoms. The van der Waals surface area contributed by atoms with Crippen LogP contribution in [0.25, 0.3) is 0 Å². The summed E-state index contributed by atoms with van der Waals surface area (Å²) in [4.78, 5) is 14.6. The van der Waals surface area contributed by atoms with Crippen LogP contribution in [0.4, 0.5) is 0 Å². The third-order valence-electron chi connectivity index (χ3n) is 4.28. The summed E-state index contributed by atoms with van der Waals surface area (Å²) >= 11 is 0. The molecule has 0 bridgehead atoms. The van der Waals surface area contributed by atoms with Gasteiger partial charge in [0, 0.05) is 6.04 Å². The van der Waals surface area contributed by atoms with E-state index in [4.69, 9.17) is 4.74 Å². The van der Waals surface area contributed by atoms with Gasteiger partial charge in [0.2, 0.25) is 0 Å². The maximum atomic E-state index is 12.3. The summed E-state index contributed by atoms with van der Waals surface area (Å²) in [5.41, 5.74) is 1.14. The fourth-order valence-corrected chi connectivity index (χ4v) is 2.78. The van der Waals surface area contributed by atoms with Crippen LogP contribution in [0.3, 0.4) is 0 Å². The van der Waals surface area contributed by atoms with Gasteiger partial charge >= 0.3 is 0 Å². The Kier molecular flexibility index (Phi) is 5.83. The van der Waals surface area contributed by atoms with Crippen molar-refractivity contribution >= 4 is 5.91 Å². The predicted molar refractivity (Wildman–Crippen MR) is 89.3 cm³/mol. The van der Waals surface area contributed by atoms with Crippen LogP contribution in [-0.4, -0.2) is 43.1 Å². The number of likely N-dealkylation sites (tertiary alicyclic amines) is 1. The average molecular weight is 304 g/mol. The maximum absolute atomic E-state index is 12.3. The minimum atomic E-state index is -0.473. The molecule has 1 amide bonds. The molecule has 1 atom stereocenters. The van der Waals surface area contributed by atoms with Crippen molar-refractivity contribution < 1.29 is 9.53 Å². The van der Waals surface area contributed by atoms with Gasteiger partial charge in [-0.05, 0) is 57.5 Å². The topological polar surface area (TPSA) is 41.6 Å². The second kappa shape index (κ2) is 7.63. The Morgan fingerprint density at radius 1 is 1.23 bits per heavy atom. The first-order valence-electron chi connectivity index (χ1n) is 8.22. The number of hydrogen-bond acceptors (Lipinski definition) is 3. The molecule has 1 fully saturated rings. The molecule has 1 aromatic rings. The van der Waals surface area contributed by atoms with Crippen LogP contribution < -0.4 is 10.1 Å². The molecule has 1 aliphatic heterocycles. The highest BCUT2D eigenvalue weighted by molar-refractivity contribution is 5.81. The molecule has 1 aliphatic rings. The van der Waals surface area contributed by atoms with Crippen LogP contribution in [0.1, 0.15) is 45.1 Å². The fourth-order valence-electron chi connectivity index (χ4n) is 2.78. The van der Waals surface area contributed by atoms with Crippen LogP contribution >= 0.6 is 0 Å². The fraction of sp³-hybridized carbons (Fsp3) is 0.611. The van der Waals surface area contributed by atoms with Gasteiger partial charge in [0.05, 0.1) is 0 Å². The van der Waals surface area contributed by atoms with E-state index < -0.39 is 6.10 Å². The number of para-hydroxylation sites is 1. The Bertz CT molecular complexity index is 494. The number of piperidine rings is 1. The SMILES string of the molecule is CC(C)c1ccccc1O[C@H](C)C(=O)NC1CCN(C)CC1. The van der Waals surface area contributed by atoms with Gasteiger partial charge in [-0.1, -0.05) is 32.0 Å². The Balaban J connectivity index is 1.91. The van der Waals surface area contributed by atoms with Crippen molar-refractivity contribution in [1.29, 1.82) is 0 Å². The maximum Gasteiger partial charge on any atom is 0.260 e. The zero-order valence-corrected chi connectivity index (χ0v) is 14.1. The third-order valence-corrected chi connectivity index (χ3v) is 4.28. The number of nitrogens with one attached hydrogen (secondary N) is 1. The number of rotatable bonds is 5. The number of hydrogen-bond donors (Lipinski definition) is 1. The van der Waals surface area contributed by atoms with E-state index in [2.05, 4.69) is 37.2 Å². The third kappa shape index (κ3) is 4.47. The average Bonchev–Trinajstić information content (AvgIpc) is 2.49. The summed E-state index contributed by atoms with van der Waals surface area (Å²) < 4.78 is 5.91. The Morgan fingerprint density at radius 3 is 2.50 bits per heavy atom. The summed E-state index contributed by atoms with van der Waals surface area (Å²) in [6, 6.07) is 8.22. The van der Waals surface area contributed by atoms with Crippen molar-refractivity contribution in [2.75, 3.05) is 20.1 Å². The van der Waals surface area contributed by atoms with Gasteiger partial charge in [-0.3, -0.25) is 4.79 Å². The van der Waals surface area contributed by atoms with E-state index >= 15 is 0 Å². The van der Waals surface area contributed by atoms with Gasteiger partial charge in [0.15, 0.2) is 6.10 Å². The van der Waals surface area contributed by atoms with Gasteiger partial charge in [-0.15, -0.1) is 0 Å².